The zero-order chi connectivity index (χ0) is 18.2. The van der Waals surface area contributed by atoms with Crippen LogP contribution in [0.2, 0.25) is 0 Å². The van der Waals surface area contributed by atoms with Crippen LogP contribution >= 0.6 is 0 Å². The molecule has 0 unspecified atom stereocenters. The SMILES string of the molecule is CCc1ccc(NC(=O)N2C[C@@H](C(=O)NCCOC)CC[C@@H]2C)cc1. The number of rotatable bonds is 6. The largest absolute Gasteiger partial charge is 0.383 e. The number of benzene rings is 1. The van der Waals surface area contributed by atoms with Crippen molar-refractivity contribution in [3.05, 3.63) is 29.8 Å². The van der Waals surface area contributed by atoms with E-state index >= 15 is 0 Å². The maximum Gasteiger partial charge on any atom is 0.322 e. The predicted molar refractivity (Wildman–Crippen MR) is 98.6 cm³/mol. The van der Waals surface area contributed by atoms with Crippen molar-refractivity contribution in [2.24, 2.45) is 5.92 Å². The maximum atomic E-state index is 12.6. The summed E-state index contributed by atoms with van der Waals surface area (Å²) in [6, 6.07) is 7.84. The van der Waals surface area contributed by atoms with Gasteiger partial charge in [0.05, 0.1) is 12.5 Å². The Labute approximate surface area is 149 Å². The highest BCUT2D eigenvalue weighted by Gasteiger charge is 2.32. The Morgan fingerprint density at radius 2 is 1.96 bits per heavy atom. The molecule has 25 heavy (non-hydrogen) atoms. The van der Waals surface area contributed by atoms with Crippen LogP contribution in [0.3, 0.4) is 0 Å². The lowest BCUT2D eigenvalue weighted by atomic mass is 9.93. The van der Waals surface area contributed by atoms with Crippen molar-refractivity contribution < 1.29 is 14.3 Å². The van der Waals surface area contributed by atoms with E-state index in [9.17, 15) is 9.59 Å². The summed E-state index contributed by atoms with van der Waals surface area (Å²) < 4.78 is 4.95. The molecule has 2 atom stereocenters. The monoisotopic (exact) mass is 347 g/mol. The Balaban J connectivity index is 1.93. The number of anilines is 1. The van der Waals surface area contributed by atoms with Crippen LogP contribution in [0, 0.1) is 5.92 Å². The molecule has 0 aliphatic carbocycles. The lowest BCUT2D eigenvalue weighted by Crippen LogP contribution is -2.51. The molecule has 1 aliphatic heterocycles. The van der Waals surface area contributed by atoms with E-state index in [4.69, 9.17) is 4.74 Å². The molecule has 0 saturated carbocycles. The predicted octanol–water partition coefficient (Wildman–Crippen LogP) is 2.64. The summed E-state index contributed by atoms with van der Waals surface area (Å²) in [5, 5.41) is 5.81. The van der Waals surface area contributed by atoms with Crippen molar-refractivity contribution in [3.63, 3.8) is 0 Å². The fraction of sp³-hybridized carbons (Fsp3) is 0.579. The number of urea groups is 1. The number of ether oxygens (including phenoxy) is 1. The standard InChI is InChI=1S/C19H29N3O3/c1-4-15-6-9-17(10-7-15)21-19(24)22-13-16(8-5-14(22)2)18(23)20-11-12-25-3/h6-7,9-10,14,16H,4-5,8,11-13H2,1-3H3,(H,20,23)(H,21,24)/t14-,16-/m0/s1. The molecule has 6 nitrogen and oxygen atoms in total. The summed E-state index contributed by atoms with van der Waals surface area (Å²) in [5.74, 6) is -0.171. The van der Waals surface area contributed by atoms with Gasteiger partial charge in [-0.25, -0.2) is 4.79 Å². The van der Waals surface area contributed by atoms with E-state index in [0.717, 1.165) is 24.9 Å². The van der Waals surface area contributed by atoms with Gasteiger partial charge in [0.1, 0.15) is 0 Å². The van der Waals surface area contributed by atoms with Crippen molar-refractivity contribution in [3.8, 4) is 0 Å². The van der Waals surface area contributed by atoms with Crippen LogP contribution in [0.15, 0.2) is 24.3 Å². The molecule has 2 rings (SSSR count). The van der Waals surface area contributed by atoms with E-state index in [1.807, 2.05) is 31.2 Å². The number of piperidine rings is 1. The number of amides is 3. The van der Waals surface area contributed by atoms with Crippen LogP contribution < -0.4 is 10.6 Å². The Bertz CT molecular complexity index is 574. The van der Waals surface area contributed by atoms with Gasteiger partial charge in [0.25, 0.3) is 0 Å². The van der Waals surface area contributed by atoms with Crippen LogP contribution in [-0.2, 0) is 16.0 Å². The zero-order valence-corrected chi connectivity index (χ0v) is 15.4. The maximum absolute atomic E-state index is 12.6. The summed E-state index contributed by atoms with van der Waals surface area (Å²) in [6.07, 6.45) is 2.59. The summed E-state index contributed by atoms with van der Waals surface area (Å²) in [5.41, 5.74) is 2.01. The average Bonchev–Trinajstić information content (AvgIpc) is 2.62. The number of aryl methyl sites for hydroxylation is 1. The quantitative estimate of drug-likeness (QED) is 0.777. The molecule has 0 bridgehead atoms. The van der Waals surface area contributed by atoms with Gasteiger partial charge in [0.2, 0.25) is 5.91 Å². The minimum absolute atomic E-state index is 0.00551. The van der Waals surface area contributed by atoms with E-state index in [1.54, 1.807) is 12.0 Å². The first kappa shape index (κ1) is 19.2. The third kappa shape index (κ3) is 5.46. The third-order valence-electron chi connectivity index (χ3n) is 4.73. The highest BCUT2D eigenvalue weighted by atomic mass is 16.5. The number of methoxy groups -OCH3 is 1. The number of carbonyl (C=O) groups excluding carboxylic acids is 2. The fourth-order valence-corrected chi connectivity index (χ4v) is 3.04. The molecule has 2 N–H and O–H groups in total. The molecular formula is C19H29N3O3. The molecule has 3 amide bonds. The molecule has 1 aromatic rings. The second-order valence-corrected chi connectivity index (χ2v) is 6.54. The molecule has 0 spiro atoms. The van der Waals surface area contributed by atoms with Crippen molar-refractivity contribution >= 4 is 17.6 Å². The summed E-state index contributed by atoms with van der Waals surface area (Å²) in [7, 11) is 1.60. The summed E-state index contributed by atoms with van der Waals surface area (Å²) in [6.45, 7) is 5.56. The molecule has 0 radical (unpaired) electrons. The average molecular weight is 347 g/mol. The van der Waals surface area contributed by atoms with Gasteiger partial charge in [-0.1, -0.05) is 19.1 Å². The highest BCUT2D eigenvalue weighted by molar-refractivity contribution is 5.90. The second-order valence-electron chi connectivity index (χ2n) is 6.54. The van der Waals surface area contributed by atoms with E-state index in [2.05, 4.69) is 17.6 Å². The molecule has 1 aromatic carbocycles. The fourth-order valence-electron chi connectivity index (χ4n) is 3.04. The molecule has 0 aromatic heterocycles. The van der Waals surface area contributed by atoms with Gasteiger partial charge in [0, 0.05) is 31.9 Å². The number of nitrogens with one attached hydrogen (secondary N) is 2. The molecule has 6 heteroatoms. The van der Waals surface area contributed by atoms with Gasteiger partial charge in [-0.05, 0) is 43.9 Å². The van der Waals surface area contributed by atoms with Gasteiger partial charge < -0.3 is 20.3 Å². The van der Waals surface area contributed by atoms with E-state index in [0.29, 0.717) is 19.7 Å². The minimum atomic E-state index is -0.165. The van der Waals surface area contributed by atoms with E-state index in [1.165, 1.54) is 5.56 Å². The van der Waals surface area contributed by atoms with Gasteiger partial charge in [-0.3, -0.25) is 4.79 Å². The van der Waals surface area contributed by atoms with Crippen LogP contribution in [-0.4, -0.2) is 49.7 Å². The summed E-state index contributed by atoms with van der Waals surface area (Å²) in [4.78, 5) is 26.6. The van der Waals surface area contributed by atoms with Crippen molar-refractivity contribution in [2.45, 2.75) is 39.2 Å². The van der Waals surface area contributed by atoms with Crippen molar-refractivity contribution in [1.82, 2.24) is 10.2 Å². The van der Waals surface area contributed by atoms with Crippen molar-refractivity contribution in [2.75, 3.05) is 32.1 Å². The van der Waals surface area contributed by atoms with Gasteiger partial charge in [0.15, 0.2) is 0 Å². The van der Waals surface area contributed by atoms with Gasteiger partial charge in [-0.15, -0.1) is 0 Å². The second kappa shape index (κ2) is 9.42. The van der Waals surface area contributed by atoms with E-state index < -0.39 is 0 Å². The minimum Gasteiger partial charge on any atom is -0.383 e. The van der Waals surface area contributed by atoms with Gasteiger partial charge in [-0.2, -0.15) is 0 Å². The van der Waals surface area contributed by atoms with Crippen molar-refractivity contribution in [1.29, 1.82) is 0 Å². The molecular weight excluding hydrogens is 318 g/mol. The van der Waals surface area contributed by atoms with Crippen LogP contribution in [0.4, 0.5) is 10.5 Å². The Hall–Kier alpha value is -2.08. The van der Waals surface area contributed by atoms with Crippen LogP contribution in [0.5, 0.6) is 0 Å². The Morgan fingerprint density at radius 3 is 2.60 bits per heavy atom. The third-order valence-corrected chi connectivity index (χ3v) is 4.73. The lowest BCUT2D eigenvalue weighted by Gasteiger charge is -2.37. The first-order valence-corrected chi connectivity index (χ1v) is 8.98. The summed E-state index contributed by atoms with van der Waals surface area (Å²) >= 11 is 0. The van der Waals surface area contributed by atoms with Crippen LogP contribution in [0.25, 0.3) is 0 Å². The topological polar surface area (TPSA) is 70.7 Å². The van der Waals surface area contributed by atoms with Crippen LogP contribution in [0.1, 0.15) is 32.3 Å². The lowest BCUT2D eigenvalue weighted by molar-refractivity contribution is -0.126. The normalized spacial score (nSPS) is 20.2. The molecule has 1 heterocycles. The molecule has 1 aliphatic rings. The van der Waals surface area contributed by atoms with Gasteiger partial charge >= 0.3 is 6.03 Å². The number of nitrogens with zero attached hydrogens (tertiary/aromatic N) is 1. The Morgan fingerprint density at radius 1 is 1.24 bits per heavy atom. The molecule has 1 saturated heterocycles. The molecule has 1 fully saturated rings. The number of hydrogen-bond donors (Lipinski definition) is 2. The first-order valence-electron chi connectivity index (χ1n) is 8.98. The highest BCUT2D eigenvalue weighted by Crippen LogP contribution is 2.23. The number of carbonyl (C=O) groups is 2. The Kier molecular flexibility index (Phi) is 7.25. The van der Waals surface area contributed by atoms with E-state index in [-0.39, 0.29) is 23.9 Å². The first-order chi connectivity index (χ1) is 12.0. The smallest absolute Gasteiger partial charge is 0.322 e. The molecule has 138 valence electrons. The number of hydrogen-bond acceptors (Lipinski definition) is 3. The zero-order valence-electron chi connectivity index (χ0n) is 15.4. The number of likely N-dealkylation sites (tertiary alicyclic amines) is 1.